The molecule has 0 fully saturated rings. The molecule has 10 aromatic carbocycles. The number of nitrogens with zero attached hydrogens (tertiary/aromatic N) is 7. The van der Waals surface area contributed by atoms with E-state index in [1.807, 2.05) is 150 Å². The summed E-state index contributed by atoms with van der Waals surface area (Å²) < 4.78 is 51.3. The number of aromatic nitrogens is 6. The van der Waals surface area contributed by atoms with Crippen molar-refractivity contribution in [3.05, 3.63) is 315 Å². The van der Waals surface area contributed by atoms with Gasteiger partial charge in [0.2, 0.25) is 0 Å². The first kappa shape index (κ1) is 55.0. The van der Waals surface area contributed by atoms with Gasteiger partial charge in [0, 0.05) is 96.4 Å². The molecule has 6 aromatic heterocycles. The first-order valence-electron chi connectivity index (χ1n) is 30.2. The third kappa shape index (κ3) is 9.46. The first-order chi connectivity index (χ1) is 45.3. The lowest BCUT2D eigenvalue weighted by Gasteiger charge is -2.22. The van der Waals surface area contributed by atoms with Crippen LogP contribution >= 0.6 is 0 Å². The molecule has 0 aliphatic heterocycles. The number of fused-ring (bicyclic) bond motifs is 6. The first-order valence-corrected chi connectivity index (χ1v) is 30.2. The van der Waals surface area contributed by atoms with Gasteiger partial charge in [-0.2, -0.15) is 18.4 Å². The topological polar surface area (TPSA) is 85.2 Å². The summed E-state index contributed by atoms with van der Waals surface area (Å²) in [6.07, 6.45) is 2.43. The molecule has 0 unspecified atom stereocenters. The summed E-state index contributed by atoms with van der Waals surface area (Å²) in [4.78, 5) is 19.6. The zero-order valence-electron chi connectivity index (χ0n) is 49.1. The standard InChI is InChI=1S/C82H50F3N7/c83-82(84,85)71-32-14-13-27-64(71)65-37-42-76(91-72-38-33-56(60-28-15-43-87-77(60)52-19-5-1-6-20-52)47-66(72)67-48-57(34-39-73(67)91)61-29-16-44-88-78(61)53-21-7-2-8-22-53)70(51-86)81(65)92-74-40-35-58(62-30-17-45-89-79(62)54-23-9-3-10-24-54)49-68(74)69-50-59(36-41-75(69)92)63-31-18-46-90-80(63)55-25-11-4-12-26-55/h1-50H. The molecule has 10 heteroatoms. The minimum atomic E-state index is -4.75. The molecule has 16 rings (SSSR count). The number of benzene rings is 10. The third-order valence-electron chi connectivity index (χ3n) is 17.4. The van der Waals surface area contributed by atoms with E-state index < -0.39 is 11.7 Å². The van der Waals surface area contributed by atoms with Crippen LogP contribution in [0.2, 0.25) is 0 Å². The maximum absolute atomic E-state index is 15.7. The van der Waals surface area contributed by atoms with Crippen molar-refractivity contribution in [3.8, 4) is 118 Å². The van der Waals surface area contributed by atoms with Crippen LogP contribution in [0, 0.1) is 11.3 Å². The SMILES string of the molecule is N#Cc1c(-n2c3ccc(-c4cccnc4-c4ccccc4)cc3c3cc(-c4cccnc4-c4ccccc4)ccc32)ccc(-c2ccccc2C(F)(F)F)c1-n1c2ccc(-c3cccnc3-c3ccccc3)cc2c2cc(-c3cccnc3-c3ccccc3)ccc21. The van der Waals surface area contributed by atoms with E-state index in [1.165, 1.54) is 12.1 Å². The van der Waals surface area contributed by atoms with E-state index >= 15 is 13.2 Å². The molecule has 0 aliphatic rings. The second kappa shape index (κ2) is 22.7. The van der Waals surface area contributed by atoms with E-state index in [4.69, 9.17) is 19.9 Å². The van der Waals surface area contributed by atoms with Crippen molar-refractivity contribution in [2.75, 3.05) is 0 Å². The normalized spacial score (nSPS) is 11.6. The van der Waals surface area contributed by atoms with Gasteiger partial charge >= 0.3 is 6.18 Å². The summed E-state index contributed by atoms with van der Waals surface area (Å²) in [5.41, 5.74) is 17.5. The number of rotatable bonds is 11. The molecule has 0 spiro atoms. The Morgan fingerprint density at radius 1 is 0.293 bits per heavy atom. The molecule has 0 amide bonds. The van der Waals surface area contributed by atoms with Gasteiger partial charge in [0.1, 0.15) is 11.6 Å². The molecule has 16 aromatic rings. The van der Waals surface area contributed by atoms with Crippen LogP contribution in [0.1, 0.15) is 11.1 Å². The summed E-state index contributed by atoms with van der Waals surface area (Å²) in [5, 5.41) is 15.7. The predicted molar refractivity (Wildman–Crippen MR) is 365 cm³/mol. The Morgan fingerprint density at radius 3 is 0.946 bits per heavy atom. The zero-order chi connectivity index (χ0) is 61.9. The van der Waals surface area contributed by atoms with Crippen LogP contribution in [0.15, 0.2) is 304 Å². The molecule has 0 N–H and O–H groups in total. The minimum absolute atomic E-state index is 0.0695. The van der Waals surface area contributed by atoms with Crippen molar-refractivity contribution in [1.29, 1.82) is 5.26 Å². The Labute approximate surface area is 527 Å². The van der Waals surface area contributed by atoms with Gasteiger partial charge in [-0.25, -0.2) is 0 Å². The third-order valence-corrected chi connectivity index (χ3v) is 17.4. The summed E-state index contributed by atoms with van der Waals surface area (Å²) >= 11 is 0. The van der Waals surface area contributed by atoms with Crippen LogP contribution in [0.25, 0.3) is 156 Å². The van der Waals surface area contributed by atoms with Crippen LogP contribution in [0.5, 0.6) is 0 Å². The van der Waals surface area contributed by atoms with Crippen molar-refractivity contribution in [2.45, 2.75) is 6.18 Å². The highest BCUT2D eigenvalue weighted by molar-refractivity contribution is 6.15. The number of hydrogen-bond donors (Lipinski definition) is 0. The number of halogens is 3. The Balaban J connectivity index is 0.999. The number of hydrogen-bond acceptors (Lipinski definition) is 5. The summed E-state index contributed by atoms with van der Waals surface area (Å²) in [7, 11) is 0. The van der Waals surface area contributed by atoms with Crippen molar-refractivity contribution in [3.63, 3.8) is 0 Å². The second-order valence-corrected chi connectivity index (χ2v) is 22.7. The molecule has 7 nitrogen and oxygen atoms in total. The molecule has 434 valence electrons. The van der Waals surface area contributed by atoms with E-state index in [9.17, 15) is 5.26 Å². The van der Waals surface area contributed by atoms with Crippen LogP contribution in [-0.2, 0) is 6.18 Å². The van der Waals surface area contributed by atoms with E-state index in [0.717, 1.165) is 128 Å². The summed E-state index contributed by atoms with van der Waals surface area (Å²) in [6.45, 7) is 0. The second-order valence-electron chi connectivity index (χ2n) is 22.7. The highest BCUT2D eigenvalue weighted by atomic mass is 19.4. The fourth-order valence-electron chi connectivity index (χ4n) is 13.4. The average molecular weight is 1190 g/mol. The molecule has 0 aliphatic carbocycles. The minimum Gasteiger partial charge on any atom is -0.308 e. The maximum atomic E-state index is 15.7. The molecule has 0 saturated heterocycles. The summed E-state index contributed by atoms with van der Waals surface area (Å²) in [5.74, 6) is 0. The van der Waals surface area contributed by atoms with Gasteiger partial charge in [-0.15, -0.1) is 0 Å². The largest absolute Gasteiger partial charge is 0.417 e. The highest BCUT2D eigenvalue weighted by Crippen LogP contribution is 2.48. The fraction of sp³-hybridized carbons (Fsp3) is 0.0122. The molecule has 0 saturated carbocycles. The number of nitriles is 1. The lowest BCUT2D eigenvalue weighted by molar-refractivity contribution is -0.137. The van der Waals surface area contributed by atoms with Gasteiger partial charge in [0.15, 0.2) is 0 Å². The van der Waals surface area contributed by atoms with Gasteiger partial charge in [-0.05, 0) is 113 Å². The lowest BCUT2D eigenvalue weighted by Crippen LogP contribution is -2.10. The Bertz CT molecular complexity index is 5300. The fourth-order valence-corrected chi connectivity index (χ4v) is 13.4. The molecule has 0 atom stereocenters. The van der Waals surface area contributed by atoms with E-state index in [-0.39, 0.29) is 22.4 Å². The van der Waals surface area contributed by atoms with Gasteiger partial charge in [-0.1, -0.05) is 194 Å². The van der Waals surface area contributed by atoms with Gasteiger partial charge in [0.05, 0.1) is 61.8 Å². The molecular formula is C82H50F3N7. The monoisotopic (exact) mass is 1190 g/mol. The lowest BCUT2D eigenvalue weighted by atomic mass is 9.94. The van der Waals surface area contributed by atoms with E-state index in [2.05, 4.69) is 108 Å². The van der Waals surface area contributed by atoms with Crippen molar-refractivity contribution >= 4 is 43.6 Å². The predicted octanol–water partition coefficient (Wildman–Crippen LogP) is 21.4. The highest BCUT2D eigenvalue weighted by Gasteiger charge is 2.35. The molecule has 6 heterocycles. The Hall–Kier alpha value is -12.3. The van der Waals surface area contributed by atoms with Crippen molar-refractivity contribution in [2.24, 2.45) is 0 Å². The van der Waals surface area contributed by atoms with Gasteiger partial charge in [0.25, 0.3) is 0 Å². The number of alkyl halides is 3. The van der Waals surface area contributed by atoms with Crippen LogP contribution in [0.3, 0.4) is 0 Å². The average Bonchev–Trinajstić information content (AvgIpc) is 1.55. The van der Waals surface area contributed by atoms with Crippen molar-refractivity contribution in [1.82, 2.24) is 29.1 Å². The van der Waals surface area contributed by atoms with Crippen LogP contribution in [-0.4, -0.2) is 29.1 Å². The van der Waals surface area contributed by atoms with E-state index in [1.54, 1.807) is 43.0 Å². The molecule has 0 bridgehead atoms. The Morgan fingerprint density at radius 2 is 0.609 bits per heavy atom. The summed E-state index contributed by atoms with van der Waals surface area (Å²) in [6, 6.07) is 93.2. The molecule has 92 heavy (non-hydrogen) atoms. The Kier molecular flexibility index (Phi) is 13.6. The number of pyridine rings is 4. The zero-order valence-corrected chi connectivity index (χ0v) is 49.1. The van der Waals surface area contributed by atoms with Crippen LogP contribution < -0.4 is 0 Å². The quantitative estimate of drug-likeness (QED) is 0.129. The molecule has 0 radical (unpaired) electrons. The smallest absolute Gasteiger partial charge is 0.308 e. The van der Waals surface area contributed by atoms with Crippen LogP contribution in [0.4, 0.5) is 13.2 Å². The molecular weight excluding hydrogens is 1140 g/mol. The van der Waals surface area contributed by atoms with Gasteiger partial charge < -0.3 is 9.13 Å². The maximum Gasteiger partial charge on any atom is 0.417 e. The van der Waals surface area contributed by atoms with Crippen molar-refractivity contribution < 1.29 is 13.2 Å². The van der Waals surface area contributed by atoms with E-state index in [0.29, 0.717) is 16.7 Å². The van der Waals surface area contributed by atoms with Gasteiger partial charge in [-0.3, -0.25) is 19.9 Å².